The van der Waals surface area contributed by atoms with Crippen molar-refractivity contribution in [3.8, 4) is 12.3 Å². The lowest BCUT2D eigenvalue weighted by Crippen LogP contribution is -2.14. The zero-order chi connectivity index (χ0) is 12.1. The summed E-state index contributed by atoms with van der Waals surface area (Å²) in [5.41, 5.74) is 0.724. The van der Waals surface area contributed by atoms with Gasteiger partial charge in [0.05, 0.1) is 12.3 Å². The molecule has 0 aromatic heterocycles. The molecule has 0 fully saturated rings. The first-order valence-corrected chi connectivity index (χ1v) is 4.61. The van der Waals surface area contributed by atoms with E-state index < -0.39 is 24.7 Å². The highest BCUT2D eigenvalue weighted by molar-refractivity contribution is 5.68. The Hall–Kier alpha value is -1.89. The summed E-state index contributed by atoms with van der Waals surface area (Å²) in [5, 5.41) is 8.55. The summed E-state index contributed by atoms with van der Waals surface area (Å²) >= 11 is 0. The molecule has 0 spiro atoms. The van der Waals surface area contributed by atoms with Crippen LogP contribution in [0.1, 0.15) is 23.5 Å². The van der Waals surface area contributed by atoms with Gasteiger partial charge in [-0.3, -0.25) is 4.79 Å². The average Bonchev–Trinajstić information content (AvgIpc) is 2.25. The monoisotopic (exact) mass is 224 g/mol. The zero-order valence-corrected chi connectivity index (χ0v) is 8.36. The van der Waals surface area contributed by atoms with Crippen LogP contribution in [0, 0.1) is 12.3 Å². The van der Waals surface area contributed by atoms with E-state index in [-0.39, 0.29) is 5.56 Å². The lowest BCUT2D eigenvalue weighted by atomic mass is 9.95. The van der Waals surface area contributed by atoms with Crippen molar-refractivity contribution in [2.24, 2.45) is 0 Å². The Kier molecular flexibility index (Phi) is 4.01. The minimum Gasteiger partial charge on any atom is -0.481 e. The number of alkyl halides is 2. The van der Waals surface area contributed by atoms with E-state index >= 15 is 0 Å². The Morgan fingerprint density at radius 3 is 2.69 bits per heavy atom. The number of terminal acetylenes is 1. The molecule has 1 atom stereocenters. The summed E-state index contributed by atoms with van der Waals surface area (Å²) in [5.74, 6) is -0.245. The van der Waals surface area contributed by atoms with Crippen molar-refractivity contribution < 1.29 is 18.7 Å². The summed E-state index contributed by atoms with van der Waals surface area (Å²) < 4.78 is 25.3. The maximum absolute atomic E-state index is 12.7. The van der Waals surface area contributed by atoms with Gasteiger partial charge in [0.1, 0.15) is 0 Å². The number of carbonyl (C=O) groups is 1. The molecule has 0 radical (unpaired) electrons. The molecule has 1 rings (SSSR count). The predicted octanol–water partition coefficient (Wildman–Crippen LogP) is 2.49. The third kappa shape index (κ3) is 3.06. The van der Waals surface area contributed by atoms with Crippen molar-refractivity contribution in [1.82, 2.24) is 0 Å². The molecule has 0 heterocycles. The van der Waals surface area contributed by atoms with Crippen LogP contribution in [0.25, 0.3) is 0 Å². The van der Waals surface area contributed by atoms with Crippen LogP contribution in [0.5, 0.6) is 0 Å². The fourth-order valence-electron chi connectivity index (χ4n) is 1.40. The summed E-state index contributed by atoms with van der Waals surface area (Å²) in [6.45, 7) is 0. The van der Waals surface area contributed by atoms with Gasteiger partial charge in [0.15, 0.2) is 0 Å². The smallest absolute Gasteiger partial charge is 0.304 e. The highest BCUT2D eigenvalue weighted by Crippen LogP contribution is 2.27. The van der Waals surface area contributed by atoms with Crippen LogP contribution in [0.15, 0.2) is 24.3 Å². The van der Waals surface area contributed by atoms with Crippen LogP contribution in [0.4, 0.5) is 8.78 Å². The van der Waals surface area contributed by atoms with E-state index in [1.165, 1.54) is 12.1 Å². The van der Waals surface area contributed by atoms with E-state index in [4.69, 9.17) is 11.5 Å². The Labute approximate surface area is 91.9 Å². The molecule has 0 saturated heterocycles. The van der Waals surface area contributed by atoms with Crippen molar-refractivity contribution in [3.63, 3.8) is 0 Å². The third-order valence-corrected chi connectivity index (χ3v) is 2.18. The summed E-state index contributed by atoms with van der Waals surface area (Å²) in [4.78, 5) is 10.5. The van der Waals surface area contributed by atoms with Gasteiger partial charge in [0.2, 0.25) is 6.43 Å². The normalized spacial score (nSPS) is 12.1. The van der Waals surface area contributed by atoms with Gasteiger partial charge in [-0.05, 0) is 17.7 Å². The molecule has 0 amide bonds. The highest BCUT2D eigenvalue weighted by Gasteiger charge is 2.25. The quantitative estimate of drug-likeness (QED) is 0.798. The minimum absolute atomic E-state index is 0.257. The number of aliphatic carboxylic acids is 1. The number of hydrogen-bond donors (Lipinski definition) is 1. The van der Waals surface area contributed by atoms with E-state index in [0.717, 1.165) is 0 Å². The molecule has 0 aliphatic carbocycles. The zero-order valence-electron chi connectivity index (χ0n) is 8.36. The molecule has 0 aliphatic heterocycles. The molecule has 2 nitrogen and oxygen atoms in total. The fraction of sp³-hybridized carbons (Fsp3) is 0.250. The molecule has 1 aromatic rings. The molecule has 1 unspecified atom stereocenters. The summed E-state index contributed by atoms with van der Waals surface area (Å²) in [6, 6.07) is 6.02. The molecule has 1 N–H and O–H groups in total. The van der Waals surface area contributed by atoms with Gasteiger partial charge in [-0.25, -0.2) is 8.78 Å². The number of hydrogen-bond acceptors (Lipinski definition) is 1. The number of carboxylic acid groups (broad SMARTS) is 1. The van der Waals surface area contributed by atoms with Gasteiger partial charge in [-0.15, -0.1) is 6.42 Å². The molecular weight excluding hydrogens is 214 g/mol. The molecule has 16 heavy (non-hydrogen) atoms. The minimum atomic E-state index is -2.72. The van der Waals surface area contributed by atoms with E-state index in [0.29, 0.717) is 5.56 Å². The van der Waals surface area contributed by atoms with Gasteiger partial charge >= 0.3 is 5.97 Å². The Morgan fingerprint density at radius 2 is 2.19 bits per heavy atom. The molecule has 0 saturated carbocycles. The van der Waals surface area contributed by atoms with Gasteiger partial charge < -0.3 is 5.11 Å². The maximum Gasteiger partial charge on any atom is 0.304 e. The van der Waals surface area contributed by atoms with Crippen molar-refractivity contribution in [3.05, 3.63) is 35.4 Å². The number of carboxylic acids is 1. The molecule has 0 bridgehead atoms. The molecule has 0 aliphatic rings. The first-order valence-electron chi connectivity index (χ1n) is 4.61. The summed E-state index contributed by atoms with van der Waals surface area (Å²) in [6.07, 6.45) is 1.82. The molecular formula is C12H10F2O2. The van der Waals surface area contributed by atoms with Gasteiger partial charge in [-0.1, -0.05) is 18.1 Å². The molecule has 4 heteroatoms. The standard InChI is InChI=1S/C12H10F2O2/c1-2-8-4-3-5-9(6-8)10(12(13)14)7-11(15)16/h1,3-6,10,12H,7H2,(H,15,16). The van der Waals surface area contributed by atoms with Crippen LogP contribution in [-0.4, -0.2) is 17.5 Å². The first-order chi connectivity index (χ1) is 7.54. The van der Waals surface area contributed by atoms with Crippen LogP contribution in [0.3, 0.4) is 0 Å². The van der Waals surface area contributed by atoms with E-state index in [1.54, 1.807) is 12.1 Å². The number of rotatable bonds is 4. The Morgan fingerprint density at radius 1 is 1.50 bits per heavy atom. The highest BCUT2D eigenvalue weighted by atomic mass is 19.3. The van der Waals surface area contributed by atoms with Crippen LogP contribution in [-0.2, 0) is 4.79 Å². The van der Waals surface area contributed by atoms with Gasteiger partial charge in [-0.2, -0.15) is 0 Å². The van der Waals surface area contributed by atoms with Crippen LogP contribution >= 0.6 is 0 Å². The maximum atomic E-state index is 12.7. The SMILES string of the molecule is C#Cc1cccc(C(CC(=O)O)C(F)F)c1. The Bertz CT molecular complexity index is 421. The second kappa shape index (κ2) is 5.26. The lowest BCUT2D eigenvalue weighted by Gasteiger charge is -2.14. The number of benzene rings is 1. The van der Waals surface area contributed by atoms with Crippen molar-refractivity contribution in [1.29, 1.82) is 0 Å². The summed E-state index contributed by atoms with van der Waals surface area (Å²) in [7, 11) is 0. The molecule has 1 aromatic carbocycles. The largest absolute Gasteiger partial charge is 0.481 e. The van der Waals surface area contributed by atoms with Crippen molar-refractivity contribution in [2.45, 2.75) is 18.8 Å². The lowest BCUT2D eigenvalue weighted by molar-refractivity contribution is -0.138. The van der Waals surface area contributed by atoms with Crippen molar-refractivity contribution in [2.75, 3.05) is 0 Å². The van der Waals surface area contributed by atoms with Gasteiger partial charge in [0.25, 0.3) is 0 Å². The third-order valence-electron chi connectivity index (χ3n) is 2.18. The predicted molar refractivity (Wildman–Crippen MR) is 55.4 cm³/mol. The van der Waals surface area contributed by atoms with Crippen molar-refractivity contribution >= 4 is 5.97 Å². The van der Waals surface area contributed by atoms with Crippen LogP contribution < -0.4 is 0 Å². The second-order valence-electron chi connectivity index (χ2n) is 3.31. The Balaban J connectivity index is 3.01. The molecule has 84 valence electrons. The van der Waals surface area contributed by atoms with Crippen LogP contribution in [0.2, 0.25) is 0 Å². The topological polar surface area (TPSA) is 37.3 Å². The van der Waals surface area contributed by atoms with Gasteiger partial charge in [0, 0.05) is 5.56 Å². The average molecular weight is 224 g/mol. The van der Waals surface area contributed by atoms with E-state index in [1.807, 2.05) is 0 Å². The number of halogens is 2. The fourth-order valence-corrected chi connectivity index (χ4v) is 1.40. The van der Waals surface area contributed by atoms with E-state index in [9.17, 15) is 13.6 Å². The first kappa shape index (κ1) is 12.2. The second-order valence-corrected chi connectivity index (χ2v) is 3.31. The van der Waals surface area contributed by atoms with E-state index in [2.05, 4.69) is 5.92 Å².